The molecule has 1 atom stereocenters. The minimum atomic E-state index is -0.952. The Morgan fingerprint density at radius 2 is 1.92 bits per heavy atom. The minimum Gasteiger partial charge on any atom is -0.481 e. The van der Waals surface area contributed by atoms with E-state index in [9.17, 15) is 14.7 Å². The number of carbonyl (C=O) groups is 2. The van der Waals surface area contributed by atoms with Gasteiger partial charge in [0.1, 0.15) is 0 Å². The molecule has 0 aliphatic carbocycles. The van der Waals surface area contributed by atoms with Crippen molar-refractivity contribution in [2.45, 2.75) is 12.5 Å². The Balaban J connectivity index is 1.82. The fourth-order valence-electron chi connectivity index (χ4n) is 2.49. The van der Waals surface area contributed by atoms with Crippen molar-refractivity contribution in [3.05, 3.63) is 66.4 Å². The van der Waals surface area contributed by atoms with Gasteiger partial charge in [0.25, 0.3) is 5.91 Å². The summed E-state index contributed by atoms with van der Waals surface area (Å²) in [7, 11) is 0. The van der Waals surface area contributed by atoms with Gasteiger partial charge in [0.15, 0.2) is 11.5 Å². The molecule has 9 nitrogen and oxygen atoms in total. The number of nitrogens with zero attached hydrogens (tertiary/aromatic N) is 4. The molecule has 1 aromatic carbocycles. The van der Waals surface area contributed by atoms with Crippen molar-refractivity contribution < 1.29 is 14.7 Å². The van der Waals surface area contributed by atoms with Crippen molar-refractivity contribution in [2.24, 2.45) is 0 Å². The lowest BCUT2D eigenvalue weighted by Crippen LogP contribution is -2.17. The van der Waals surface area contributed by atoms with Gasteiger partial charge in [-0.3, -0.25) is 14.3 Å². The van der Waals surface area contributed by atoms with Crippen molar-refractivity contribution in [1.29, 1.82) is 0 Å². The normalized spacial score (nSPS) is 11.7. The lowest BCUT2D eigenvalue weighted by Gasteiger charge is -2.15. The molecular weight excluding hydrogens is 336 g/mol. The van der Waals surface area contributed by atoms with E-state index in [4.69, 9.17) is 5.73 Å². The van der Waals surface area contributed by atoms with Gasteiger partial charge in [0.2, 0.25) is 0 Å². The number of carbonyl (C=O) groups excluding carboxylic acids is 1. The molecule has 2 aromatic heterocycles. The third-order valence-corrected chi connectivity index (χ3v) is 3.67. The van der Waals surface area contributed by atoms with Crippen LogP contribution < -0.4 is 11.1 Å². The Morgan fingerprint density at radius 1 is 1.19 bits per heavy atom. The molecule has 3 rings (SSSR count). The fraction of sp³-hybridized carbons (Fsp3) is 0.118. The summed E-state index contributed by atoms with van der Waals surface area (Å²) in [5, 5.41) is 16.0. The number of carboxylic acid groups (broad SMARTS) is 1. The van der Waals surface area contributed by atoms with Crippen LogP contribution in [0.5, 0.6) is 0 Å². The number of hydrogen-bond acceptors (Lipinski definition) is 6. The topological polar surface area (TPSA) is 136 Å². The van der Waals surface area contributed by atoms with Gasteiger partial charge in [-0.05, 0) is 5.56 Å². The van der Waals surface area contributed by atoms with Crippen LogP contribution in [0.15, 0.2) is 55.1 Å². The first-order valence-electron chi connectivity index (χ1n) is 7.73. The van der Waals surface area contributed by atoms with Crippen LogP contribution in [0.25, 0.3) is 0 Å². The number of hydrogen-bond donors (Lipinski definition) is 3. The first-order chi connectivity index (χ1) is 12.5. The van der Waals surface area contributed by atoms with Gasteiger partial charge in [0.05, 0.1) is 24.3 Å². The molecule has 2 heterocycles. The molecule has 3 aromatic rings. The van der Waals surface area contributed by atoms with Crippen molar-refractivity contribution in [3.8, 4) is 0 Å². The maximum atomic E-state index is 12.2. The first kappa shape index (κ1) is 17.1. The molecule has 9 heteroatoms. The van der Waals surface area contributed by atoms with Gasteiger partial charge in [-0.25, -0.2) is 9.97 Å². The molecule has 0 spiro atoms. The second kappa shape index (κ2) is 7.43. The molecule has 0 fully saturated rings. The summed E-state index contributed by atoms with van der Waals surface area (Å²) >= 11 is 0. The molecule has 26 heavy (non-hydrogen) atoms. The highest BCUT2D eigenvalue weighted by molar-refractivity contribution is 6.05. The molecule has 0 aliphatic heterocycles. The van der Waals surface area contributed by atoms with Crippen molar-refractivity contribution >= 4 is 23.4 Å². The Hall–Kier alpha value is -3.75. The standard InChI is InChI=1S/C17H16N6O3/c18-16-15(19-6-7-20-16)17(26)22-12-9-21-23(10-12)13(8-14(24)25)11-4-2-1-3-5-11/h1-7,9-10,13H,8H2,(H2,18,20)(H,22,26)(H,24,25). The summed E-state index contributed by atoms with van der Waals surface area (Å²) in [6.07, 6.45) is 5.61. The number of nitrogens with one attached hydrogen (secondary N) is 1. The summed E-state index contributed by atoms with van der Waals surface area (Å²) < 4.78 is 1.50. The average Bonchev–Trinajstić information content (AvgIpc) is 3.08. The van der Waals surface area contributed by atoms with E-state index in [1.54, 1.807) is 6.20 Å². The smallest absolute Gasteiger partial charge is 0.305 e. The SMILES string of the molecule is Nc1nccnc1C(=O)Nc1cnn(C(CC(=O)O)c2ccccc2)c1. The summed E-state index contributed by atoms with van der Waals surface area (Å²) in [6.45, 7) is 0. The second-order valence-electron chi connectivity index (χ2n) is 5.48. The van der Waals surface area contributed by atoms with E-state index in [2.05, 4.69) is 20.4 Å². The molecule has 0 aliphatic rings. The lowest BCUT2D eigenvalue weighted by atomic mass is 10.0. The molecule has 132 valence electrons. The number of amides is 1. The summed E-state index contributed by atoms with van der Waals surface area (Å²) in [5.74, 6) is -1.46. The van der Waals surface area contributed by atoms with Crippen LogP contribution in [0.4, 0.5) is 11.5 Å². The first-order valence-corrected chi connectivity index (χ1v) is 7.73. The van der Waals surface area contributed by atoms with Crippen LogP contribution >= 0.6 is 0 Å². The van der Waals surface area contributed by atoms with E-state index in [-0.39, 0.29) is 17.9 Å². The highest BCUT2D eigenvalue weighted by Crippen LogP contribution is 2.23. The van der Waals surface area contributed by atoms with E-state index in [1.807, 2.05) is 30.3 Å². The van der Waals surface area contributed by atoms with Gasteiger partial charge >= 0.3 is 5.97 Å². The molecule has 4 N–H and O–H groups in total. The molecule has 1 unspecified atom stereocenters. The minimum absolute atomic E-state index is 0.00500. The van der Waals surface area contributed by atoms with Crippen LogP contribution in [0, 0.1) is 0 Å². The largest absolute Gasteiger partial charge is 0.481 e. The summed E-state index contributed by atoms with van der Waals surface area (Å²) in [5.41, 5.74) is 6.84. The van der Waals surface area contributed by atoms with Crippen molar-refractivity contribution in [1.82, 2.24) is 19.7 Å². The maximum Gasteiger partial charge on any atom is 0.305 e. The van der Waals surface area contributed by atoms with E-state index in [1.165, 1.54) is 23.3 Å². The van der Waals surface area contributed by atoms with Crippen LogP contribution in [-0.4, -0.2) is 36.7 Å². The third kappa shape index (κ3) is 3.83. The number of carboxylic acids is 1. The molecule has 0 saturated carbocycles. The number of aliphatic carboxylic acids is 1. The number of nitrogens with two attached hydrogens (primary N) is 1. The Kier molecular flexibility index (Phi) is 4.88. The number of aromatic nitrogens is 4. The van der Waals surface area contributed by atoms with Crippen molar-refractivity contribution in [2.75, 3.05) is 11.1 Å². The van der Waals surface area contributed by atoms with E-state index in [0.29, 0.717) is 5.69 Å². The van der Waals surface area contributed by atoms with E-state index in [0.717, 1.165) is 5.56 Å². The Bertz CT molecular complexity index is 925. The Labute approximate surface area is 148 Å². The highest BCUT2D eigenvalue weighted by Gasteiger charge is 2.19. The predicted octanol–water partition coefficient (Wildman–Crippen LogP) is 1.57. The molecule has 0 saturated heterocycles. The van der Waals surface area contributed by atoms with Crippen LogP contribution in [0.1, 0.15) is 28.5 Å². The average molecular weight is 352 g/mol. The van der Waals surface area contributed by atoms with Gasteiger partial charge in [-0.15, -0.1) is 0 Å². The fourth-order valence-corrected chi connectivity index (χ4v) is 2.49. The van der Waals surface area contributed by atoms with Gasteiger partial charge in [0, 0.05) is 18.6 Å². The third-order valence-electron chi connectivity index (χ3n) is 3.67. The van der Waals surface area contributed by atoms with Crippen LogP contribution in [0.3, 0.4) is 0 Å². The Morgan fingerprint density at radius 3 is 2.62 bits per heavy atom. The van der Waals surface area contributed by atoms with Gasteiger partial charge in [-0.1, -0.05) is 30.3 Å². The predicted molar refractivity (Wildman–Crippen MR) is 93.5 cm³/mol. The van der Waals surface area contributed by atoms with Gasteiger partial charge < -0.3 is 16.2 Å². The van der Waals surface area contributed by atoms with Crippen LogP contribution in [0.2, 0.25) is 0 Å². The summed E-state index contributed by atoms with van der Waals surface area (Å²) in [6, 6.07) is 8.66. The number of benzene rings is 1. The number of rotatable bonds is 6. The van der Waals surface area contributed by atoms with Gasteiger partial charge in [-0.2, -0.15) is 5.10 Å². The van der Waals surface area contributed by atoms with Crippen LogP contribution in [-0.2, 0) is 4.79 Å². The quantitative estimate of drug-likeness (QED) is 0.612. The molecule has 0 bridgehead atoms. The maximum absolute atomic E-state index is 12.2. The second-order valence-corrected chi connectivity index (χ2v) is 5.48. The summed E-state index contributed by atoms with van der Waals surface area (Å²) in [4.78, 5) is 31.2. The zero-order valence-electron chi connectivity index (χ0n) is 13.6. The number of anilines is 2. The zero-order chi connectivity index (χ0) is 18.5. The monoisotopic (exact) mass is 352 g/mol. The molecule has 1 amide bonds. The van der Waals surface area contributed by atoms with E-state index >= 15 is 0 Å². The zero-order valence-corrected chi connectivity index (χ0v) is 13.6. The lowest BCUT2D eigenvalue weighted by molar-refractivity contribution is -0.137. The number of nitrogen functional groups attached to an aromatic ring is 1. The van der Waals surface area contributed by atoms with Crippen molar-refractivity contribution in [3.63, 3.8) is 0 Å². The molecule has 0 radical (unpaired) electrons. The molecular formula is C17H16N6O3. The highest BCUT2D eigenvalue weighted by atomic mass is 16.4. The van der Waals surface area contributed by atoms with E-state index < -0.39 is 17.9 Å².